The fourth-order valence-corrected chi connectivity index (χ4v) is 2.59. The molecular weight excluding hydrogens is 264 g/mol. The third kappa shape index (κ3) is 3.85. The summed E-state index contributed by atoms with van der Waals surface area (Å²) in [5.74, 6) is 0.209. The van der Waals surface area contributed by atoms with Crippen LogP contribution < -0.4 is 11.1 Å². The fourth-order valence-electron chi connectivity index (χ4n) is 2.47. The maximum Gasteiger partial charge on any atom is 0.251 e. The Balaban J connectivity index is 1.88. The molecular formula is C14H19ClN2O2. The van der Waals surface area contributed by atoms with E-state index < -0.39 is 0 Å². The zero-order valence-corrected chi connectivity index (χ0v) is 11.5. The molecule has 0 radical (unpaired) electrons. The van der Waals surface area contributed by atoms with Gasteiger partial charge >= 0.3 is 0 Å². The van der Waals surface area contributed by atoms with Crippen LogP contribution in [0, 0.1) is 5.92 Å². The van der Waals surface area contributed by atoms with Gasteiger partial charge in [0.25, 0.3) is 5.91 Å². The highest BCUT2D eigenvalue weighted by Crippen LogP contribution is 2.24. The van der Waals surface area contributed by atoms with Crippen LogP contribution in [0.1, 0.15) is 36.0 Å². The number of nitrogens with two attached hydrogens (primary N) is 1. The summed E-state index contributed by atoms with van der Waals surface area (Å²) in [6.07, 6.45) is 3.50. The minimum Gasteiger partial charge on any atom is -0.398 e. The van der Waals surface area contributed by atoms with E-state index in [9.17, 15) is 9.90 Å². The largest absolute Gasteiger partial charge is 0.398 e. The summed E-state index contributed by atoms with van der Waals surface area (Å²) in [6, 6.07) is 4.85. The lowest BCUT2D eigenvalue weighted by Gasteiger charge is -2.25. The van der Waals surface area contributed by atoms with Crippen molar-refractivity contribution < 1.29 is 9.90 Å². The number of aliphatic hydroxyl groups is 1. The number of aliphatic hydroxyl groups excluding tert-OH is 1. The smallest absolute Gasteiger partial charge is 0.251 e. The van der Waals surface area contributed by atoms with Crippen molar-refractivity contribution >= 4 is 23.2 Å². The molecule has 104 valence electrons. The van der Waals surface area contributed by atoms with Gasteiger partial charge in [0.2, 0.25) is 0 Å². The van der Waals surface area contributed by atoms with E-state index in [1.807, 2.05) is 0 Å². The second-order valence-electron chi connectivity index (χ2n) is 5.13. The van der Waals surface area contributed by atoms with E-state index in [2.05, 4.69) is 5.32 Å². The number of hydrogen-bond donors (Lipinski definition) is 3. The summed E-state index contributed by atoms with van der Waals surface area (Å²) >= 11 is 5.82. The predicted octanol–water partition coefficient (Wildman–Crippen LogP) is 2.20. The summed E-state index contributed by atoms with van der Waals surface area (Å²) in [7, 11) is 0. The van der Waals surface area contributed by atoms with Crippen molar-refractivity contribution in [3.8, 4) is 0 Å². The van der Waals surface area contributed by atoms with Crippen LogP contribution in [-0.4, -0.2) is 23.7 Å². The van der Waals surface area contributed by atoms with E-state index in [-0.39, 0.29) is 12.0 Å². The van der Waals surface area contributed by atoms with Crippen LogP contribution in [0.5, 0.6) is 0 Å². The molecule has 2 unspecified atom stereocenters. The standard InChI is InChI=1S/C14H19ClN2O2/c15-12-5-4-10(7-13(12)16)14(19)17-8-9-2-1-3-11(18)6-9/h4-5,7,9,11,18H,1-3,6,8,16H2,(H,17,19). The fraction of sp³-hybridized carbons (Fsp3) is 0.500. The maximum absolute atomic E-state index is 12.0. The number of rotatable bonds is 3. The second-order valence-corrected chi connectivity index (χ2v) is 5.54. The molecule has 19 heavy (non-hydrogen) atoms. The van der Waals surface area contributed by atoms with E-state index in [1.165, 1.54) is 0 Å². The summed E-state index contributed by atoms with van der Waals surface area (Å²) in [5, 5.41) is 12.9. The molecule has 2 rings (SSSR count). The van der Waals surface area contributed by atoms with Gasteiger partial charge in [-0.05, 0) is 43.4 Å². The third-order valence-corrected chi connectivity index (χ3v) is 3.91. The zero-order valence-electron chi connectivity index (χ0n) is 10.7. The molecule has 0 spiro atoms. The summed E-state index contributed by atoms with van der Waals surface area (Å²) in [6.45, 7) is 0.596. The molecule has 1 aromatic rings. The predicted molar refractivity (Wildman–Crippen MR) is 76.2 cm³/mol. The third-order valence-electron chi connectivity index (χ3n) is 3.56. The lowest BCUT2D eigenvalue weighted by atomic mass is 9.87. The first-order valence-corrected chi connectivity index (χ1v) is 6.95. The molecule has 1 fully saturated rings. The van der Waals surface area contributed by atoms with Crippen LogP contribution >= 0.6 is 11.6 Å². The first-order valence-electron chi connectivity index (χ1n) is 6.57. The molecule has 0 saturated heterocycles. The Morgan fingerprint density at radius 1 is 1.47 bits per heavy atom. The van der Waals surface area contributed by atoms with Gasteiger partial charge in [0, 0.05) is 12.1 Å². The van der Waals surface area contributed by atoms with Crippen LogP contribution in [0.25, 0.3) is 0 Å². The first-order chi connectivity index (χ1) is 9.06. The van der Waals surface area contributed by atoms with Crippen LogP contribution in [0.4, 0.5) is 5.69 Å². The maximum atomic E-state index is 12.0. The molecule has 1 aliphatic rings. The van der Waals surface area contributed by atoms with Gasteiger partial charge in [-0.3, -0.25) is 4.79 Å². The summed E-state index contributed by atoms with van der Waals surface area (Å²) < 4.78 is 0. The minimum atomic E-state index is -0.221. The van der Waals surface area contributed by atoms with Crippen molar-refractivity contribution in [2.75, 3.05) is 12.3 Å². The number of hydrogen-bond acceptors (Lipinski definition) is 3. The molecule has 4 N–H and O–H groups in total. The van der Waals surface area contributed by atoms with Gasteiger partial charge in [-0.2, -0.15) is 0 Å². The average Bonchev–Trinajstić information content (AvgIpc) is 2.39. The summed E-state index contributed by atoms with van der Waals surface area (Å²) in [5.41, 5.74) is 6.59. The minimum absolute atomic E-state index is 0.150. The van der Waals surface area contributed by atoms with Crippen molar-refractivity contribution in [1.82, 2.24) is 5.32 Å². The van der Waals surface area contributed by atoms with Crippen molar-refractivity contribution in [3.63, 3.8) is 0 Å². The highest BCUT2D eigenvalue weighted by atomic mass is 35.5. The van der Waals surface area contributed by atoms with Crippen LogP contribution in [-0.2, 0) is 0 Å². The van der Waals surface area contributed by atoms with Crippen molar-refractivity contribution in [2.45, 2.75) is 31.8 Å². The number of nitrogens with one attached hydrogen (secondary N) is 1. The molecule has 5 heteroatoms. The van der Waals surface area contributed by atoms with Crippen LogP contribution in [0.2, 0.25) is 5.02 Å². The molecule has 4 nitrogen and oxygen atoms in total. The lowest BCUT2D eigenvalue weighted by molar-refractivity contribution is 0.0874. The zero-order chi connectivity index (χ0) is 13.8. The van der Waals surface area contributed by atoms with Gasteiger partial charge in [-0.1, -0.05) is 18.0 Å². The second kappa shape index (κ2) is 6.26. The Hall–Kier alpha value is -1.26. The monoisotopic (exact) mass is 282 g/mol. The van der Waals surface area contributed by atoms with Crippen LogP contribution in [0.15, 0.2) is 18.2 Å². The number of benzene rings is 1. The Kier molecular flexibility index (Phi) is 4.66. The van der Waals surface area contributed by atoms with Gasteiger partial charge < -0.3 is 16.2 Å². The van der Waals surface area contributed by atoms with E-state index >= 15 is 0 Å². The number of carbonyl (C=O) groups excluding carboxylic acids is 1. The highest BCUT2D eigenvalue weighted by Gasteiger charge is 2.20. The van der Waals surface area contributed by atoms with Gasteiger partial charge in [0.15, 0.2) is 0 Å². The lowest BCUT2D eigenvalue weighted by Crippen LogP contribution is -2.33. The average molecular weight is 283 g/mol. The number of carbonyl (C=O) groups is 1. The highest BCUT2D eigenvalue weighted by molar-refractivity contribution is 6.33. The van der Waals surface area contributed by atoms with Crippen LogP contribution in [0.3, 0.4) is 0 Å². The first kappa shape index (κ1) is 14.2. The van der Waals surface area contributed by atoms with Crippen molar-refractivity contribution in [2.24, 2.45) is 5.92 Å². The number of nitrogen functional groups attached to an aromatic ring is 1. The van der Waals surface area contributed by atoms with E-state index in [0.717, 1.165) is 25.7 Å². The SMILES string of the molecule is Nc1cc(C(=O)NCC2CCCC(O)C2)ccc1Cl. The Morgan fingerprint density at radius 2 is 2.26 bits per heavy atom. The Labute approximate surface area is 117 Å². The van der Waals surface area contributed by atoms with Gasteiger partial charge in [-0.15, -0.1) is 0 Å². The number of halogens is 1. The Bertz CT molecular complexity index is 465. The van der Waals surface area contributed by atoms with Crippen molar-refractivity contribution in [1.29, 1.82) is 0 Å². The molecule has 0 heterocycles. The molecule has 0 bridgehead atoms. The number of anilines is 1. The summed E-state index contributed by atoms with van der Waals surface area (Å²) in [4.78, 5) is 12.0. The molecule has 1 aliphatic carbocycles. The Morgan fingerprint density at radius 3 is 2.95 bits per heavy atom. The van der Waals surface area contributed by atoms with Gasteiger partial charge in [0.05, 0.1) is 16.8 Å². The molecule has 1 aromatic carbocycles. The van der Waals surface area contributed by atoms with Gasteiger partial charge in [-0.25, -0.2) is 0 Å². The molecule has 0 aliphatic heterocycles. The normalized spacial score (nSPS) is 23.1. The van der Waals surface area contributed by atoms with E-state index in [1.54, 1.807) is 18.2 Å². The quantitative estimate of drug-likeness (QED) is 0.744. The van der Waals surface area contributed by atoms with Crippen molar-refractivity contribution in [3.05, 3.63) is 28.8 Å². The number of amides is 1. The molecule has 1 amide bonds. The van der Waals surface area contributed by atoms with E-state index in [4.69, 9.17) is 17.3 Å². The topological polar surface area (TPSA) is 75.4 Å². The van der Waals surface area contributed by atoms with E-state index in [0.29, 0.717) is 28.7 Å². The molecule has 0 aromatic heterocycles. The molecule has 2 atom stereocenters. The van der Waals surface area contributed by atoms with Gasteiger partial charge in [0.1, 0.15) is 0 Å². The molecule has 1 saturated carbocycles.